The van der Waals surface area contributed by atoms with E-state index in [9.17, 15) is 18.9 Å². The summed E-state index contributed by atoms with van der Waals surface area (Å²) in [6, 6.07) is 11.5. The third-order valence-electron chi connectivity index (χ3n) is 2.62. The van der Waals surface area contributed by atoms with Crippen molar-refractivity contribution in [3.63, 3.8) is 0 Å². The summed E-state index contributed by atoms with van der Waals surface area (Å²) in [5.41, 5.74) is -0.919. The predicted molar refractivity (Wildman–Crippen MR) is 69.2 cm³/mol. The molecule has 4 nitrogen and oxygen atoms in total. The van der Waals surface area contributed by atoms with E-state index >= 15 is 0 Å². The lowest BCUT2D eigenvalue weighted by atomic mass is 10.1. The molecule has 0 saturated carbocycles. The van der Waals surface area contributed by atoms with E-state index in [1.807, 2.05) is 0 Å². The summed E-state index contributed by atoms with van der Waals surface area (Å²) in [4.78, 5) is 9.95. The van der Waals surface area contributed by atoms with Crippen LogP contribution < -0.4 is 4.74 Å². The summed E-state index contributed by atoms with van der Waals surface area (Å²) in [6.45, 7) is 0.671. The number of nitro groups is 1. The fraction of sp³-hybridized carbons (Fsp3) is 0.143. The maximum absolute atomic E-state index is 13.6. The molecule has 2 rings (SSSR count). The van der Waals surface area contributed by atoms with Gasteiger partial charge in [-0.1, -0.05) is 18.2 Å². The van der Waals surface area contributed by atoms with Crippen LogP contribution in [-0.4, -0.2) is 4.92 Å². The summed E-state index contributed by atoms with van der Waals surface area (Å²) in [5.74, 6) is -2.96. The standard InChI is InChI=1S/C14H11F2NO3/c1-14(15,16)12-9-10(17(18)19)7-8-13(12)20-11-5-3-2-4-6-11/h2-9H,1H3. The first-order chi connectivity index (χ1) is 9.38. The lowest BCUT2D eigenvalue weighted by molar-refractivity contribution is -0.385. The zero-order chi connectivity index (χ0) is 14.8. The molecule has 0 atom stereocenters. The lowest BCUT2D eigenvalue weighted by Crippen LogP contribution is -2.09. The van der Waals surface area contributed by atoms with Crippen LogP contribution in [0.5, 0.6) is 11.5 Å². The van der Waals surface area contributed by atoms with Gasteiger partial charge in [0.25, 0.3) is 11.6 Å². The van der Waals surface area contributed by atoms with Gasteiger partial charge in [-0.15, -0.1) is 0 Å². The van der Waals surface area contributed by atoms with E-state index in [1.165, 1.54) is 6.07 Å². The summed E-state index contributed by atoms with van der Waals surface area (Å²) >= 11 is 0. The Labute approximate surface area is 113 Å². The molecule has 0 aliphatic heterocycles. The van der Waals surface area contributed by atoms with Gasteiger partial charge in [-0.25, -0.2) is 8.78 Å². The number of ether oxygens (including phenoxy) is 1. The second-order valence-electron chi connectivity index (χ2n) is 4.24. The molecule has 0 aliphatic rings. The van der Waals surface area contributed by atoms with E-state index in [4.69, 9.17) is 4.74 Å². The molecule has 20 heavy (non-hydrogen) atoms. The number of rotatable bonds is 4. The van der Waals surface area contributed by atoms with Gasteiger partial charge in [0.2, 0.25) is 0 Å². The molecule has 6 heteroatoms. The van der Waals surface area contributed by atoms with E-state index in [-0.39, 0.29) is 5.75 Å². The number of halogens is 2. The number of non-ortho nitro benzene ring substituents is 1. The van der Waals surface area contributed by atoms with Crippen molar-refractivity contribution in [1.82, 2.24) is 0 Å². The number of benzene rings is 2. The molecular formula is C14H11F2NO3. The quantitative estimate of drug-likeness (QED) is 0.611. The second-order valence-corrected chi connectivity index (χ2v) is 4.24. The van der Waals surface area contributed by atoms with Gasteiger partial charge >= 0.3 is 0 Å². The minimum Gasteiger partial charge on any atom is -0.457 e. The second kappa shape index (κ2) is 5.24. The van der Waals surface area contributed by atoms with Crippen molar-refractivity contribution in [2.24, 2.45) is 0 Å². The van der Waals surface area contributed by atoms with Crippen LogP contribution in [0.25, 0.3) is 0 Å². The molecule has 0 spiro atoms. The van der Waals surface area contributed by atoms with Gasteiger partial charge in [0, 0.05) is 19.1 Å². The van der Waals surface area contributed by atoms with Gasteiger partial charge in [0.1, 0.15) is 11.5 Å². The number of hydrogen-bond donors (Lipinski definition) is 0. The summed E-state index contributed by atoms with van der Waals surface area (Å²) in [7, 11) is 0. The third kappa shape index (κ3) is 3.09. The third-order valence-corrected chi connectivity index (χ3v) is 2.62. The lowest BCUT2D eigenvalue weighted by Gasteiger charge is -2.16. The van der Waals surface area contributed by atoms with Crippen LogP contribution in [0.1, 0.15) is 12.5 Å². The Morgan fingerprint density at radius 1 is 1.15 bits per heavy atom. The zero-order valence-corrected chi connectivity index (χ0v) is 10.5. The number of nitrogens with zero attached hydrogens (tertiary/aromatic N) is 1. The van der Waals surface area contributed by atoms with Crippen molar-refractivity contribution in [1.29, 1.82) is 0 Å². The molecule has 104 valence electrons. The van der Waals surface area contributed by atoms with Crippen molar-refractivity contribution in [2.75, 3.05) is 0 Å². The van der Waals surface area contributed by atoms with Gasteiger partial charge in [-0.3, -0.25) is 10.1 Å². The molecule has 0 heterocycles. The first kappa shape index (κ1) is 13.9. The van der Waals surface area contributed by atoms with Crippen molar-refractivity contribution in [2.45, 2.75) is 12.8 Å². The Morgan fingerprint density at radius 3 is 2.35 bits per heavy atom. The normalized spacial score (nSPS) is 11.2. The fourth-order valence-corrected chi connectivity index (χ4v) is 1.68. The first-order valence-electron chi connectivity index (χ1n) is 5.77. The molecule has 0 bridgehead atoms. The first-order valence-corrected chi connectivity index (χ1v) is 5.77. The van der Waals surface area contributed by atoms with Crippen molar-refractivity contribution < 1.29 is 18.4 Å². The number of hydrogen-bond acceptors (Lipinski definition) is 3. The molecule has 0 saturated heterocycles. The molecule has 0 radical (unpaired) electrons. The number of para-hydroxylation sites is 1. The van der Waals surface area contributed by atoms with Crippen LogP contribution in [0.15, 0.2) is 48.5 Å². The van der Waals surface area contributed by atoms with E-state index in [2.05, 4.69) is 0 Å². The molecule has 2 aromatic rings. The summed E-state index contributed by atoms with van der Waals surface area (Å²) < 4.78 is 32.5. The zero-order valence-electron chi connectivity index (χ0n) is 10.5. The Hall–Kier alpha value is -2.50. The van der Waals surface area contributed by atoms with Crippen LogP contribution in [0, 0.1) is 10.1 Å². The van der Waals surface area contributed by atoms with Gasteiger partial charge in [0.05, 0.1) is 10.5 Å². The predicted octanol–water partition coefficient (Wildman–Crippen LogP) is 4.50. The fourth-order valence-electron chi connectivity index (χ4n) is 1.68. The maximum Gasteiger partial charge on any atom is 0.274 e. The van der Waals surface area contributed by atoms with Gasteiger partial charge < -0.3 is 4.74 Å². The maximum atomic E-state index is 13.6. The SMILES string of the molecule is CC(F)(F)c1cc([N+](=O)[O-])ccc1Oc1ccccc1. The van der Waals surface area contributed by atoms with Crippen molar-refractivity contribution >= 4 is 5.69 Å². The Balaban J connectivity index is 2.45. The minimum absolute atomic E-state index is 0.102. The minimum atomic E-state index is -3.24. The highest BCUT2D eigenvalue weighted by atomic mass is 19.3. The highest BCUT2D eigenvalue weighted by Gasteiger charge is 2.31. The van der Waals surface area contributed by atoms with E-state index < -0.39 is 22.1 Å². The highest BCUT2D eigenvalue weighted by Crippen LogP contribution is 2.38. The molecule has 2 aromatic carbocycles. The molecule has 0 N–H and O–H groups in total. The Kier molecular flexibility index (Phi) is 3.65. The van der Waals surface area contributed by atoms with Crippen LogP contribution in [0.3, 0.4) is 0 Å². The van der Waals surface area contributed by atoms with E-state index in [0.29, 0.717) is 12.7 Å². The molecule has 0 amide bonds. The summed E-state index contributed by atoms with van der Waals surface area (Å²) in [5, 5.41) is 10.7. The monoisotopic (exact) mass is 279 g/mol. The topological polar surface area (TPSA) is 52.4 Å². The van der Waals surface area contributed by atoms with Gasteiger partial charge in [-0.05, 0) is 18.2 Å². The Morgan fingerprint density at radius 2 is 1.80 bits per heavy atom. The largest absolute Gasteiger partial charge is 0.457 e. The van der Waals surface area contributed by atoms with Crippen molar-refractivity contribution in [3.05, 3.63) is 64.2 Å². The molecule has 0 unspecified atom stereocenters. The number of alkyl halides is 2. The smallest absolute Gasteiger partial charge is 0.274 e. The summed E-state index contributed by atoms with van der Waals surface area (Å²) in [6.07, 6.45) is 0. The van der Waals surface area contributed by atoms with Crippen LogP contribution >= 0.6 is 0 Å². The Bertz CT molecular complexity index is 624. The average molecular weight is 279 g/mol. The average Bonchev–Trinajstić information content (AvgIpc) is 2.39. The van der Waals surface area contributed by atoms with Crippen molar-refractivity contribution in [3.8, 4) is 11.5 Å². The molecule has 0 aromatic heterocycles. The molecular weight excluding hydrogens is 268 g/mol. The van der Waals surface area contributed by atoms with Crippen LogP contribution in [0.4, 0.5) is 14.5 Å². The van der Waals surface area contributed by atoms with E-state index in [1.54, 1.807) is 30.3 Å². The van der Waals surface area contributed by atoms with Gasteiger partial charge in [-0.2, -0.15) is 0 Å². The number of nitro benzene ring substituents is 1. The molecule has 0 fully saturated rings. The van der Waals surface area contributed by atoms with Crippen LogP contribution in [-0.2, 0) is 5.92 Å². The van der Waals surface area contributed by atoms with E-state index in [0.717, 1.165) is 12.1 Å². The van der Waals surface area contributed by atoms with Gasteiger partial charge in [0.15, 0.2) is 0 Å². The highest BCUT2D eigenvalue weighted by molar-refractivity contribution is 5.47. The van der Waals surface area contributed by atoms with Crippen LogP contribution in [0.2, 0.25) is 0 Å². The molecule has 0 aliphatic carbocycles.